The van der Waals surface area contributed by atoms with Crippen molar-refractivity contribution >= 4 is 16.8 Å². The van der Waals surface area contributed by atoms with Crippen LogP contribution in [-0.4, -0.2) is 20.3 Å². The van der Waals surface area contributed by atoms with Crippen molar-refractivity contribution in [2.45, 2.75) is 19.4 Å². The van der Waals surface area contributed by atoms with E-state index in [1.54, 1.807) is 22.5 Å². The standard InChI is InChI=1S/C18H20N4O2/c1-4-15(12-10-19-21(2)11-12)20-18(24)14-9-17(23)22(3)16-8-6-5-7-13(14)16/h5-11,15H,4H2,1-3H3,(H,20,24)/t15-/m1/s1. The van der Waals surface area contributed by atoms with Crippen LogP contribution >= 0.6 is 0 Å². The zero-order chi connectivity index (χ0) is 17.3. The van der Waals surface area contributed by atoms with Gasteiger partial charge >= 0.3 is 0 Å². The molecule has 2 heterocycles. The number of carbonyl (C=O) groups excluding carboxylic acids is 1. The molecule has 6 heteroatoms. The van der Waals surface area contributed by atoms with Gasteiger partial charge in [0.25, 0.3) is 11.5 Å². The Morgan fingerprint density at radius 2 is 2.04 bits per heavy atom. The molecule has 0 aliphatic heterocycles. The molecule has 24 heavy (non-hydrogen) atoms. The number of amides is 1. The van der Waals surface area contributed by atoms with Crippen molar-refractivity contribution in [1.82, 2.24) is 19.7 Å². The number of pyridine rings is 1. The summed E-state index contributed by atoms with van der Waals surface area (Å²) in [5.74, 6) is -0.250. The van der Waals surface area contributed by atoms with Crippen LogP contribution in [0.5, 0.6) is 0 Å². The highest BCUT2D eigenvalue weighted by Gasteiger charge is 2.18. The van der Waals surface area contributed by atoms with Crippen LogP contribution in [0.2, 0.25) is 0 Å². The predicted molar refractivity (Wildman–Crippen MR) is 92.9 cm³/mol. The molecule has 1 atom stereocenters. The average molecular weight is 324 g/mol. The molecule has 0 spiro atoms. The molecule has 124 valence electrons. The zero-order valence-corrected chi connectivity index (χ0v) is 14.0. The van der Waals surface area contributed by atoms with E-state index in [4.69, 9.17) is 0 Å². The van der Waals surface area contributed by atoms with E-state index in [9.17, 15) is 9.59 Å². The molecule has 3 rings (SSSR count). The topological polar surface area (TPSA) is 68.9 Å². The van der Waals surface area contributed by atoms with Gasteiger partial charge in [-0.1, -0.05) is 25.1 Å². The first-order chi connectivity index (χ1) is 11.5. The number of hydrogen-bond acceptors (Lipinski definition) is 3. The first-order valence-electron chi connectivity index (χ1n) is 7.89. The van der Waals surface area contributed by atoms with Gasteiger partial charge in [-0.25, -0.2) is 0 Å². The second-order valence-electron chi connectivity index (χ2n) is 5.85. The number of aryl methyl sites for hydroxylation is 2. The summed E-state index contributed by atoms with van der Waals surface area (Å²) in [7, 11) is 3.54. The SMILES string of the molecule is CC[C@@H](NC(=O)c1cc(=O)n(C)c2ccccc12)c1cnn(C)c1. The number of benzene rings is 1. The zero-order valence-electron chi connectivity index (χ0n) is 14.0. The lowest BCUT2D eigenvalue weighted by Gasteiger charge is -2.17. The van der Waals surface area contributed by atoms with Crippen LogP contribution in [0.4, 0.5) is 0 Å². The lowest BCUT2D eigenvalue weighted by molar-refractivity contribution is 0.0937. The summed E-state index contributed by atoms with van der Waals surface area (Å²) < 4.78 is 3.25. The van der Waals surface area contributed by atoms with E-state index in [1.807, 2.05) is 44.4 Å². The third-order valence-corrected chi connectivity index (χ3v) is 4.24. The number of nitrogens with one attached hydrogen (secondary N) is 1. The van der Waals surface area contributed by atoms with Crippen LogP contribution in [0.25, 0.3) is 10.9 Å². The molecule has 0 saturated carbocycles. The number of para-hydroxylation sites is 1. The highest BCUT2D eigenvalue weighted by atomic mass is 16.2. The van der Waals surface area contributed by atoms with Crippen LogP contribution in [-0.2, 0) is 14.1 Å². The van der Waals surface area contributed by atoms with Gasteiger partial charge in [-0.05, 0) is 12.5 Å². The first-order valence-corrected chi connectivity index (χ1v) is 7.89. The van der Waals surface area contributed by atoms with Crippen molar-refractivity contribution in [2.24, 2.45) is 14.1 Å². The third kappa shape index (κ3) is 2.82. The van der Waals surface area contributed by atoms with Crippen molar-refractivity contribution in [3.63, 3.8) is 0 Å². The molecule has 1 N–H and O–H groups in total. The molecule has 0 aliphatic carbocycles. The molecule has 3 aromatic rings. The number of rotatable bonds is 4. The Balaban J connectivity index is 2.00. The largest absolute Gasteiger partial charge is 0.345 e. The summed E-state index contributed by atoms with van der Waals surface area (Å²) in [6.07, 6.45) is 4.37. The van der Waals surface area contributed by atoms with Gasteiger partial charge in [0.15, 0.2) is 0 Å². The van der Waals surface area contributed by atoms with Crippen molar-refractivity contribution < 1.29 is 4.79 Å². The third-order valence-electron chi connectivity index (χ3n) is 4.24. The van der Waals surface area contributed by atoms with Gasteiger partial charge in [0.05, 0.1) is 23.3 Å². The van der Waals surface area contributed by atoms with Crippen molar-refractivity contribution in [2.75, 3.05) is 0 Å². The van der Waals surface area contributed by atoms with E-state index >= 15 is 0 Å². The first kappa shape index (κ1) is 16.0. The molecule has 0 saturated heterocycles. The molecule has 1 aromatic carbocycles. The minimum atomic E-state index is -0.250. The molecule has 2 aromatic heterocycles. The van der Waals surface area contributed by atoms with Crippen LogP contribution < -0.4 is 10.9 Å². The van der Waals surface area contributed by atoms with E-state index in [0.717, 1.165) is 22.9 Å². The lowest BCUT2D eigenvalue weighted by atomic mass is 10.1. The van der Waals surface area contributed by atoms with Crippen LogP contribution in [0, 0.1) is 0 Å². The van der Waals surface area contributed by atoms with Gasteiger partial charge in [-0.3, -0.25) is 14.3 Å². The monoisotopic (exact) mass is 324 g/mol. The summed E-state index contributed by atoms with van der Waals surface area (Å²) in [6.45, 7) is 2.00. The van der Waals surface area contributed by atoms with Gasteiger partial charge in [0, 0.05) is 37.3 Å². The van der Waals surface area contributed by atoms with E-state index in [1.165, 1.54) is 6.07 Å². The molecule has 0 fully saturated rings. The fourth-order valence-corrected chi connectivity index (χ4v) is 2.88. The quantitative estimate of drug-likeness (QED) is 0.799. The highest BCUT2D eigenvalue weighted by Crippen LogP contribution is 2.19. The predicted octanol–water partition coefficient (Wildman–Crippen LogP) is 2.15. The Bertz CT molecular complexity index is 955. The maximum atomic E-state index is 12.8. The maximum Gasteiger partial charge on any atom is 0.252 e. The van der Waals surface area contributed by atoms with E-state index in [2.05, 4.69) is 10.4 Å². The molecule has 0 bridgehead atoms. The summed E-state index contributed by atoms with van der Waals surface area (Å²) >= 11 is 0. The molecule has 6 nitrogen and oxygen atoms in total. The molecule has 0 aliphatic rings. The minimum absolute atomic E-state index is 0.144. The molecular formula is C18H20N4O2. The number of nitrogens with zero attached hydrogens (tertiary/aromatic N) is 3. The second-order valence-corrected chi connectivity index (χ2v) is 5.85. The summed E-state index contributed by atoms with van der Waals surface area (Å²) in [6, 6.07) is 8.67. The van der Waals surface area contributed by atoms with Crippen LogP contribution in [0.1, 0.15) is 35.3 Å². The summed E-state index contributed by atoms with van der Waals surface area (Å²) in [4.78, 5) is 24.9. The summed E-state index contributed by atoms with van der Waals surface area (Å²) in [5.41, 5.74) is 1.88. The summed E-state index contributed by atoms with van der Waals surface area (Å²) in [5, 5.41) is 7.93. The van der Waals surface area contributed by atoms with Crippen molar-refractivity contribution in [1.29, 1.82) is 0 Å². The van der Waals surface area contributed by atoms with Gasteiger partial charge < -0.3 is 9.88 Å². The van der Waals surface area contributed by atoms with Gasteiger partial charge in [0.1, 0.15) is 0 Å². The number of aromatic nitrogens is 3. The molecular weight excluding hydrogens is 304 g/mol. The van der Waals surface area contributed by atoms with Gasteiger partial charge in [-0.2, -0.15) is 5.10 Å². The van der Waals surface area contributed by atoms with Crippen molar-refractivity contribution in [3.05, 3.63) is 64.2 Å². The fourth-order valence-electron chi connectivity index (χ4n) is 2.88. The number of hydrogen-bond donors (Lipinski definition) is 1. The Morgan fingerprint density at radius 3 is 2.71 bits per heavy atom. The van der Waals surface area contributed by atoms with Crippen LogP contribution in [0.15, 0.2) is 47.5 Å². The number of carbonyl (C=O) groups is 1. The Hall–Kier alpha value is -2.89. The van der Waals surface area contributed by atoms with Gasteiger partial charge in [-0.15, -0.1) is 0 Å². The number of fused-ring (bicyclic) bond motifs is 1. The minimum Gasteiger partial charge on any atom is -0.345 e. The molecule has 0 unspecified atom stereocenters. The van der Waals surface area contributed by atoms with E-state index < -0.39 is 0 Å². The average Bonchev–Trinajstić information content (AvgIpc) is 3.02. The Morgan fingerprint density at radius 1 is 1.29 bits per heavy atom. The molecule has 1 amide bonds. The Labute approximate surface area is 139 Å². The van der Waals surface area contributed by atoms with Crippen molar-refractivity contribution in [3.8, 4) is 0 Å². The van der Waals surface area contributed by atoms with E-state index in [0.29, 0.717) is 5.56 Å². The maximum absolute atomic E-state index is 12.8. The molecule has 0 radical (unpaired) electrons. The normalized spacial score (nSPS) is 12.3. The fraction of sp³-hybridized carbons (Fsp3) is 0.278. The Kier molecular flexibility index (Phi) is 4.20. The van der Waals surface area contributed by atoms with E-state index in [-0.39, 0.29) is 17.5 Å². The van der Waals surface area contributed by atoms with Gasteiger partial charge in [0.2, 0.25) is 0 Å². The van der Waals surface area contributed by atoms with Crippen LogP contribution in [0.3, 0.4) is 0 Å². The lowest BCUT2D eigenvalue weighted by Crippen LogP contribution is -2.30. The second kappa shape index (κ2) is 6.31. The smallest absolute Gasteiger partial charge is 0.252 e. The highest BCUT2D eigenvalue weighted by molar-refractivity contribution is 6.06.